The van der Waals surface area contributed by atoms with Gasteiger partial charge in [-0.25, -0.2) is 9.40 Å². The maximum absolute atomic E-state index is 13.4. The molecule has 0 spiro atoms. The van der Waals surface area contributed by atoms with Gasteiger partial charge in [0.15, 0.2) is 5.17 Å². The molecule has 0 aromatic heterocycles. The van der Waals surface area contributed by atoms with Crippen LogP contribution in [0.25, 0.3) is 0 Å². The number of anilines is 1. The van der Waals surface area contributed by atoms with E-state index in [1.807, 2.05) is 48.5 Å². The minimum absolute atomic E-state index is 0.0957. The number of amides is 2. The molecule has 2 aliphatic heterocycles. The summed E-state index contributed by atoms with van der Waals surface area (Å²) in [6.07, 6.45) is 0.494. The highest BCUT2D eigenvalue weighted by Gasteiger charge is 2.39. The van der Waals surface area contributed by atoms with Crippen molar-refractivity contribution in [2.75, 3.05) is 12.4 Å². The lowest BCUT2D eigenvalue weighted by Gasteiger charge is -2.23. The first kappa shape index (κ1) is 25.0. The smallest absolute Gasteiger partial charge is 0.262 e. The zero-order valence-electron chi connectivity index (χ0n) is 19.7. The van der Waals surface area contributed by atoms with Crippen LogP contribution in [-0.4, -0.2) is 40.1 Å². The first-order valence-electron chi connectivity index (χ1n) is 11.5. The number of methoxy groups -OCH3 is 1. The molecule has 37 heavy (non-hydrogen) atoms. The first-order chi connectivity index (χ1) is 17.9. The number of nitrogens with one attached hydrogen (secondary N) is 1. The third kappa shape index (κ3) is 5.68. The quantitative estimate of drug-likeness (QED) is 0.439. The van der Waals surface area contributed by atoms with E-state index >= 15 is 0 Å². The van der Waals surface area contributed by atoms with Crippen molar-refractivity contribution in [2.45, 2.75) is 24.1 Å². The molecule has 7 nitrogen and oxygen atoms in total. The Morgan fingerprint density at radius 2 is 1.92 bits per heavy atom. The number of thioether (sulfide) groups is 1. The lowest BCUT2D eigenvalue weighted by atomic mass is 9.98. The zero-order chi connectivity index (χ0) is 25.9. The van der Waals surface area contributed by atoms with E-state index in [0.717, 1.165) is 22.6 Å². The van der Waals surface area contributed by atoms with Crippen LogP contribution < -0.4 is 10.1 Å². The van der Waals surface area contributed by atoms with Crippen LogP contribution in [-0.2, 0) is 9.59 Å². The molecule has 3 aromatic carbocycles. The Kier molecular flexibility index (Phi) is 7.25. The van der Waals surface area contributed by atoms with Crippen molar-refractivity contribution in [2.24, 2.45) is 10.1 Å². The number of aliphatic imine (C=N–C) groups is 1. The molecule has 0 bridgehead atoms. The van der Waals surface area contributed by atoms with E-state index in [1.165, 1.54) is 30.0 Å². The van der Waals surface area contributed by atoms with Crippen LogP contribution >= 0.6 is 23.4 Å². The summed E-state index contributed by atoms with van der Waals surface area (Å²) in [4.78, 5) is 29.5. The lowest BCUT2D eigenvalue weighted by molar-refractivity contribution is -0.121. The van der Waals surface area contributed by atoms with E-state index in [-0.39, 0.29) is 12.5 Å². The van der Waals surface area contributed by atoms with Crippen LogP contribution in [0.3, 0.4) is 0 Å². The Bertz CT molecular complexity index is 1400. The molecule has 0 aliphatic carbocycles. The molecule has 5 rings (SSSR count). The minimum Gasteiger partial charge on any atom is -0.497 e. The van der Waals surface area contributed by atoms with E-state index in [0.29, 0.717) is 22.3 Å². The molecule has 0 saturated carbocycles. The van der Waals surface area contributed by atoms with E-state index in [2.05, 4.69) is 10.3 Å². The van der Waals surface area contributed by atoms with Gasteiger partial charge in [0.2, 0.25) is 5.91 Å². The van der Waals surface area contributed by atoms with Gasteiger partial charge in [0.1, 0.15) is 16.8 Å². The number of hydrogen-bond acceptors (Lipinski definition) is 6. The normalized spacial score (nSPS) is 19.0. The molecular weight excluding hydrogens is 515 g/mol. The van der Waals surface area contributed by atoms with Gasteiger partial charge < -0.3 is 10.1 Å². The summed E-state index contributed by atoms with van der Waals surface area (Å²) >= 11 is 7.30. The van der Waals surface area contributed by atoms with Gasteiger partial charge in [0.25, 0.3) is 5.91 Å². The molecule has 2 atom stereocenters. The molecule has 2 heterocycles. The van der Waals surface area contributed by atoms with Gasteiger partial charge in [-0.15, -0.1) is 0 Å². The Balaban J connectivity index is 1.35. The third-order valence-electron chi connectivity index (χ3n) is 5.99. The third-order valence-corrected chi connectivity index (χ3v) is 7.39. The highest BCUT2D eigenvalue weighted by molar-refractivity contribution is 8.15. The van der Waals surface area contributed by atoms with Gasteiger partial charge in [0.05, 0.1) is 18.9 Å². The Morgan fingerprint density at radius 1 is 1.16 bits per heavy atom. The van der Waals surface area contributed by atoms with E-state index in [9.17, 15) is 14.0 Å². The maximum atomic E-state index is 13.4. The summed E-state index contributed by atoms with van der Waals surface area (Å²) in [7, 11) is 1.61. The topological polar surface area (TPSA) is 83.4 Å². The van der Waals surface area contributed by atoms with Crippen molar-refractivity contribution >= 4 is 51.7 Å². The molecule has 10 heteroatoms. The number of rotatable bonds is 6. The fourth-order valence-corrected chi connectivity index (χ4v) is 5.33. The van der Waals surface area contributed by atoms with Crippen molar-refractivity contribution in [1.82, 2.24) is 5.01 Å². The minimum atomic E-state index is -0.699. The van der Waals surface area contributed by atoms with E-state index in [1.54, 1.807) is 18.2 Å². The maximum Gasteiger partial charge on any atom is 0.262 e. The fourth-order valence-electron chi connectivity index (χ4n) is 4.14. The van der Waals surface area contributed by atoms with Crippen molar-refractivity contribution < 1.29 is 18.7 Å². The van der Waals surface area contributed by atoms with Gasteiger partial charge in [-0.3, -0.25) is 9.59 Å². The molecule has 1 N–H and O–H groups in total. The van der Waals surface area contributed by atoms with Crippen molar-refractivity contribution in [3.8, 4) is 5.75 Å². The number of nitrogens with zero attached hydrogens (tertiary/aromatic N) is 3. The highest BCUT2D eigenvalue weighted by Crippen LogP contribution is 2.39. The van der Waals surface area contributed by atoms with Crippen molar-refractivity contribution in [1.29, 1.82) is 0 Å². The lowest BCUT2D eigenvalue weighted by Crippen LogP contribution is -2.25. The highest BCUT2D eigenvalue weighted by atomic mass is 35.5. The summed E-state index contributed by atoms with van der Waals surface area (Å²) in [5.41, 5.74) is 3.08. The molecule has 0 radical (unpaired) electrons. The largest absolute Gasteiger partial charge is 0.497 e. The standard InChI is InChI=1S/C27H22ClFN4O3S/c1-36-21-11-7-16(8-12-21)22-14-23(17-5-9-18(28)10-6-17)33(32-22)27-31-26(35)24(37-27)15-25(34)30-20-4-2-3-19(29)13-20/h2-13,23-24H,14-15H2,1H3,(H,30,34). The van der Waals surface area contributed by atoms with Crippen LogP contribution in [0.4, 0.5) is 10.1 Å². The van der Waals surface area contributed by atoms with Gasteiger partial charge in [0, 0.05) is 23.6 Å². The monoisotopic (exact) mass is 536 g/mol. The van der Waals surface area contributed by atoms with Crippen molar-refractivity contribution in [3.63, 3.8) is 0 Å². The Hall–Kier alpha value is -3.69. The molecule has 3 aromatic rings. The number of benzene rings is 3. The SMILES string of the molecule is COc1ccc(C2=NN(C3=NC(=O)C(CC(=O)Nc4cccc(F)c4)S3)C(c3ccc(Cl)cc3)C2)cc1. The number of hydrogen-bond donors (Lipinski definition) is 1. The Morgan fingerprint density at radius 3 is 2.62 bits per heavy atom. The zero-order valence-corrected chi connectivity index (χ0v) is 21.3. The van der Waals surface area contributed by atoms with E-state index in [4.69, 9.17) is 21.4 Å². The van der Waals surface area contributed by atoms with Crippen LogP contribution in [0.15, 0.2) is 82.9 Å². The predicted molar refractivity (Wildman–Crippen MR) is 144 cm³/mol. The summed E-state index contributed by atoms with van der Waals surface area (Å²) < 4.78 is 18.7. The number of halogens is 2. The second-order valence-corrected chi connectivity index (χ2v) is 10.1. The molecule has 188 valence electrons. The van der Waals surface area contributed by atoms with Gasteiger partial charge in [-0.05, 0) is 65.7 Å². The second-order valence-electron chi connectivity index (χ2n) is 8.49. The Labute approximate surface area is 222 Å². The average Bonchev–Trinajstić information content (AvgIpc) is 3.48. The van der Waals surface area contributed by atoms with Crippen LogP contribution in [0, 0.1) is 5.82 Å². The van der Waals surface area contributed by atoms with E-state index < -0.39 is 22.9 Å². The van der Waals surface area contributed by atoms with Crippen LogP contribution in [0.5, 0.6) is 5.75 Å². The van der Waals surface area contributed by atoms with Gasteiger partial charge >= 0.3 is 0 Å². The number of carbonyl (C=O) groups is 2. The molecule has 2 amide bonds. The predicted octanol–water partition coefficient (Wildman–Crippen LogP) is 5.67. The van der Waals surface area contributed by atoms with Gasteiger partial charge in [-0.1, -0.05) is 41.6 Å². The molecule has 0 fully saturated rings. The van der Waals surface area contributed by atoms with Crippen LogP contribution in [0.2, 0.25) is 5.02 Å². The van der Waals surface area contributed by atoms with Gasteiger partial charge in [-0.2, -0.15) is 10.1 Å². The van der Waals surface area contributed by atoms with Crippen LogP contribution in [0.1, 0.15) is 30.0 Å². The summed E-state index contributed by atoms with van der Waals surface area (Å²) in [6.45, 7) is 0. The molecule has 2 aliphatic rings. The average molecular weight is 537 g/mol. The summed E-state index contributed by atoms with van der Waals surface area (Å²) in [5.74, 6) is -0.514. The number of ether oxygens (including phenoxy) is 1. The number of hydrazone groups is 1. The summed E-state index contributed by atoms with van der Waals surface area (Å²) in [6, 6.07) is 20.5. The first-order valence-corrected chi connectivity index (χ1v) is 12.8. The summed E-state index contributed by atoms with van der Waals surface area (Å²) in [5, 5.41) is 9.56. The van der Waals surface area contributed by atoms with Crippen molar-refractivity contribution in [3.05, 3.63) is 94.8 Å². The number of amidine groups is 1. The second kappa shape index (κ2) is 10.7. The molecule has 0 saturated heterocycles. The fraction of sp³-hybridized carbons (Fsp3) is 0.185. The molecule has 2 unspecified atom stereocenters. The number of carbonyl (C=O) groups excluding carboxylic acids is 2. The molecular formula is C27H22ClFN4O3S.